The summed E-state index contributed by atoms with van der Waals surface area (Å²) in [5.41, 5.74) is 2.87. The lowest BCUT2D eigenvalue weighted by Crippen LogP contribution is -2.77. The molecule has 0 N–H and O–H groups in total. The van der Waals surface area contributed by atoms with E-state index >= 15 is 0 Å². The van der Waals surface area contributed by atoms with Crippen molar-refractivity contribution in [2.75, 3.05) is 39.2 Å². The zero-order valence-corrected chi connectivity index (χ0v) is 20.6. The molecular weight excluding hydrogens is 424 g/mol. The molecule has 2 fully saturated rings. The van der Waals surface area contributed by atoms with Crippen LogP contribution in [0.1, 0.15) is 55.8 Å². The third kappa shape index (κ3) is 5.01. The third-order valence-electron chi connectivity index (χ3n) is 7.22. The summed E-state index contributed by atoms with van der Waals surface area (Å²) in [6.45, 7) is 2.57. The summed E-state index contributed by atoms with van der Waals surface area (Å²) in [4.78, 5) is 20.0. The number of amides is 1. The molecule has 1 amide bonds. The number of likely N-dealkylation sites (tertiary alicyclic amines) is 1. The van der Waals surface area contributed by atoms with Gasteiger partial charge in [0.05, 0.1) is 6.04 Å². The standard InChI is InChI=1S/C25H38N2O4S/c1-4-11-32-15-23-25(31-17-30-3,24(28)27(23)16-29-2)14-22-21-13-19(8-7-18-5-6-18)12-20(21)9-10-26-22/h9-10,18-19,23H,4-8,11-17H2,1-3H3/t19-,23-,25+/m0/s1. The fourth-order valence-electron chi connectivity index (χ4n) is 5.31. The van der Waals surface area contributed by atoms with Gasteiger partial charge in [-0.1, -0.05) is 26.2 Å². The van der Waals surface area contributed by atoms with Gasteiger partial charge in [-0.05, 0) is 60.5 Å². The molecule has 0 aromatic carbocycles. The number of carbonyl (C=O) groups is 1. The van der Waals surface area contributed by atoms with Crippen LogP contribution in [0, 0.1) is 11.8 Å². The van der Waals surface area contributed by atoms with Gasteiger partial charge in [0.2, 0.25) is 0 Å². The number of rotatable bonds is 14. The molecule has 32 heavy (non-hydrogen) atoms. The zero-order valence-electron chi connectivity index (χ0n) is 19.8. The van der Waals surface area contributed by atoms with E-state index in [-0.39, 0.29) is 25.5 Å². The number of thioether (sulfide) groups is 1. The SMILES string of the molecule is CCCSC[C@@H]1N(COC)C(=O)[C@]1(Cc1nccc2c1C[C@@H](CCC1CC1)C2)OCOC. The van der Waals surface area contributed by atoms with Crippen LogP contribution in [0.2, 0.25) is 0 Å². The largest absolute Gasteiger partial charge is 0.364 e. The smallest absolute Gasteiger partial charge is 0.259 e. The molecule has 2 heterocycles. The van der Waals surface area contributed by atoms with Crippen LogP contribution in [-0.2, 0) is 38.3 Å². The molecule has 1 aliphatic heterocycles. The first-order valence-electron chi connectivity index (χ1n) is 12.1. The second-order valence-electron chi connectivity index (χ2n) is 9.59. The number of aromatic nitrogens is 1. The van der Waals surface area contributed by atoms with E-state index < -0.39 is 5.60 Å². The Morgan fingerprint density at radius 2 is 2.00 bits per heavy atom. The monoisotopic (exact) mass is 462 g/mol. The van der Waals surface area contributed by atoms with Gasteiger partial charge >= 0.3 is 0 Å². The molecule has 3 aliphatic rings. The van der Waals surface area contributed by atoms with Crippen molar-refractivity contribution in [3.05, 3.63) is 29.1 Å². The molecular formula is C25H38N2O4S. The van der Waals surface area contributed by atoms with Crippen LogP contribution in [0.25, 0.3) is 0 Å². The lowest BCUT2D eigenvalue weighted by Gasteiger charge is -2.55. The number of hydrogen-bond donors (Lipinski definition) is 0. The van der Waals surface area contributed by atoms with E-state index in [0.717, 1.165) is 42.4 Å². The van der Waals surface area contributed by atoms with Crippen molar-refractivity contribution in [2.45, 2.75) is 69.9 Å². The van der Waals surface area contributed by atoms with E-state index in [0.29, 0.717) is 12.3 Å². The number of fused-ring (bicyclic) bond motifs is 1. The van der Waals surface area contributed by atoms with Gasteiger partial charge in [-0.25, -0.2) is 0 Å². The van der Waals surface area contributed by atoms with E-state index in [1.165, 1.54) is 36.8 Å². The normalized spacial score (nSPS) is 27.0. The summed E-state index contributed by atoms with van der Waals surface area (Å²) in [6, 6.07) is 2.12. The third-order valence-corrected chi connectivity index (χ3v) is 8.47. The van der Waals surface area contributed by atoms with Crippen LogP contribution in [0.15, 0.2) is 12.3 Å². The van der Waals surface area contributed by atoms with E-state index in [9.17, 15) is 4.79 Å². The quantitative estimate of drug-likeness (QED) is 0.238. The Hall–Kier alpha value is -1.15. The van der Waals surface area contributed by atoms with E-state index in [2.05, 4.69) is 13.0 Å². The van der Waals surface area contributed by atoms with Crippen molar-refractivity contribution >= 4 is 17.7 Å². The molecule has 0 radical (unpaired) electrons. The summed E-state index contributed by atoms with van der Waals surface area (Å²) >= 11 is 1.87. The predicted octanol–water partition coefficient (Wildman–Crippen LogP) is 3.85. The molecule has 1 aromatic heterocycles. The van der Waals surface area contributed by atoms with Gasteiger partial charge < -0.3 is 19.1 Å². The molecule has 1 saturated carbocycles. The minimum Gasteiger partial charge on any atom is -0.364 e. The summed E-state index contributed by atoms with van der Waals surface area (Å²) < 4.78 is 16.8. The first-order chi connectivity index (χ1) is 15.6. The second kappa shape index (κ2) is 10.9. The number of pyridine rings is 1. The molecule has 178 valence electrons. The average molecular weight is 463 g/mol. The molecule has 1 saturated heterocycles. The van der Waals surface area contributed by atoms with Crippen LogP contribution >= 0.6 is 11.8 Å². The molecule has 2 aliphatic carbocycles. The lowest BCUT2D eigenvalue weighted by atomic mass is 9.78. The topological polar surface area (TPSA) is 60.9 Å². The van der Waals surface area contributed by atoms with Crippen LogP contribution in [0.4, 0.5) is 0 Å². The van der Waals surface area contributed by atoms with Crippen molar-refractivity contribution in [1.29, 1.82) is 0 Å². The fourth-order valence-corrected chi connectivity index (χ4v) is 6.43. The average Bonchev–Trinajstić information content (AvgIpc) is 3.54. The van der Waals surface area contributed by atoms with Crippen LogP contribution in [-0.4, -0.2) is 66.7 Å². The number of hydrogen-bond acceptors (Lipinski definition) is 6. The Kier molecular flexibility index (Phi) is 8.13. The minimum atomic E-state index is -0.927. The van der Waals surface area contributed by atoms with Gasteiger partial charge in [0.15, 0.2) is 5.60 Å². The maximum Gasteiger partial charge on any atom is 0.259 e. The van der Waals surface area contributed by atoms with E-state index in [1.807, 2.05) is 18.0 Å². The van der Waals surface area contributed by atoms with Gasteiger partial charge in [-0.3, -0.25) is 9.78 Å². The maximum atomic E-state index is 13.4. The summed E-state index contributed by atoms with van der Waals surface area (Å²) in [7, 11) is 3.24. The fraction of sp³-hybridized carbons (Fsp3) is 0.760. The van der Waals surface area contributed by atoms with Gasteiger partial charge in [0.1, 0.15) is 13.5 Å². The molecule has 0 bridgehead atoms. The highest BCUT2D eigenvalue weighted by molar-refractivity contribution is 7.99. The summed E-state index contributed by atoms with van der Waals surface area (Å²) in [5, 5.41) is 0. The molecule has 4 rings (SSSR count). The first kappa shape index (κ1) is 24.0. The minimum absolute atomic E-state index is 0.0128. The van der Waals surface area contributed by atoms with E-state index in [1.54, 1.807) is 19.1 Å². The van der Waals surface area contributed by atoms with Gasteiger partial charge in [0.25, 0.3) is 5.91 Å². The Bertz CT molecular complexity index is 787. The van der Waals surface area contributed by atoms with Crippen molar-refractivity contribution in [3.8, 4) is 0 Å². The van der Waals surface area contributed by atoms with Crippen molar-refractivity contribution in [2.24, 2.45) is 11.8 Å². The molecule has 6 nitrogen and oxygen atoms in total. The first-order valence-corrected chi connectivity index (χ1v) is 13.2. The highest BCUT2D eigenvalue weighted by Crippen LogP contribution is 2.42. The second-order valence-corrected chi connectivity index (χ2v) is 10.7. The van der Waals surface area contributed by atoms with Crippen molar-refractivity contribution in [3.63, 3.8) is 0 Å². The van der Waals surface area contributed by atoms with Gasteiger partial charge in [-0.15, -0.1) is 0 Å². The summed E-state index contributed by atoms with van der Waals surface area (Å²) in [6.07, 6.45) is 11.3. The predicted molar refractivity (Wildman–Crippen MR) is 127 cm³/mol. The van der Waals surface area contributed by atoms with Gasteiger partial charge in [0, 0.05) is 38.3 Å². The van der Waals surface area contributed by atoms with Crippen LogP contribution < -0.4 is 0 Å². The van der Waals surface area contributed by atoms with Crippen LogP contribution in [0.5, 0.6) is 0 Å². The number of methoxy groups -OCH3 is 2. The number of β-lactam (4-membered cyclic amide) rings is 1. The van der Waals surface area contributed by atoms with Crippen molar-refractivity contribution in [1.82, 2.24) is 9.88 Å². The lowest BCUT2D eigenvalue weighted by molar-refractivity contribution is -0.229. The molecule has 0 spiro atoms. The highest BCUT2D eigenvalue weighted by Gasteiger charge is 2.62. The molecule has 1 aromatic rings. The van der Waals surface area contributed by atoms with E-state index in [4.69, 9.17) is 19.2 Å². The number of carbonyl (C=O) groups excluding carboxylic acids is 1. The maximum absolute atomic E-state index is 13.4. The Morgan fingerprint density at radius 1 is 1.19 bits per heavy atom. The highest BCUT2D eigenvalue weighted by atomic mass is 32.2. The van der Waals surface area contributed by atoms with Gasteiger partial charge in [-0.2, -0.15) is 11.8 Å². The van der Waals surface area contributed by atoms with Crippen molar-refractivity contribution < 1.29 is 19.0 Å². The zero-order chi connectivity index (χ0) is 22.6. The number of ether oxygens (including phenoxy) is 3. The Morgan fingerprint density at radius 3 is 2.72 bits per heavy atom. The molecule has 0 unspecified atom stereocenters. The number of nitrogens with zero attached hydrogens (tertiary/aromatic N) is 2. The summed E-state index contributed by atoms with van der Waals surface area (Å²) in [5.74, 6) is 3.56. The van der Waals surface area contributed by atoms with Crippen LogP contribution in [0.3, 0.4) is 0 Å². The molecule has 3 atom stereocenters. The Labute approximate surface area is 196 Å². The molecule has 7 heteroatoms. The Balaban J connectivity index is 1.54.